The van der Waals surface area contributed by atoms with Gasteiger partial charge in [0.15, 0.2) is 0 Å². The summed E-state index contributed by atoms with van der Waals surface area (Å²) in [7, 11) is -0.705. The van der Waals surface area contributed by atoms with Gasteiger partial charge in [-0.05, 0) is 27.7 Å². The molecule has 0 atom stereocenters. The van der Waals surface area contributed by atoms with Gasteiger partial charge in [0.05, 0.1) is 11.2 Å². The van der Waals surface area contributed by atoms with Crippen LogP contribution in [-0.2, 0) is 9.31 Å². The van der Waals surface area contributed by atoms with E-state index in [2.05, 4.69) is 4.98 Å². The molecule has 0 bridgehead atoms. The highest BCUT2D eigenvalue weighted by Crippen LogP contribution is 2.36. The van der Waals surface area contributed by atoms with Crippen molar-refractivity contribution >= 4 is 18.9 Å². The zero-order valence-electron chi connectivity index (χ0n) is 10.9. The van der Waals surface area contributed by atoms with Gasteiger partial charge in [0.1, 0.15) is 6.29 Å². The largest absolute Gasteiger partial charge is 0.497 e. The molecule has 0 amide bonds. The molecule has 96 valence electrons. The van der Waals surface area contributed by atoms with Crippen LogP contribution < -0.4 is 5.46 Å². The minimum Gasteiger partial charge on any atom is -0.399 e. The number of nitrogens with zero attached hydrogens (tertiary/aromatic N) is 1. The Labute approximate surface area is 106 Å². The highest BCUT2D eigenvalue weighted by molar-refractivity contribution is 6.63. The second-order valence-corrected chi connectivity index (χ2v) is 5.34. The summed E-state index contributed by atoms with van der Waals surface area (Å²) in [5.41, 5.74) is -0.371. The lowest BCUT2D eigenvalue weighted by molar-refractivity contribution is 0.00578. The number of hydrogen-bond donors (Lipinski definition) is 0. The summed E-state index contributed by atoms with van der Waals surface area (Å²) in [5.74, 6) is -0.697. The van der Waals surface area contributed by atoms with Gasteiger partial charge < -0.3 is 9.31 Å². The molecule has 1 aromatic heterocycles. The standard InChI is InChI=1S/C12H15BFNO3/c1-11(2)12(3,4)18-13(17-11)9-6-15-10(14)5-8(9)7-16/h5-7H,1-4H3. The molecule has 0 unspecified atom stereocenters. The van der Waals surface area contributed by atoms with Gasteiger partial charge in [-0.3, -0.25) is 4.79 Å². The molecule has 4 nitrogen and oxygen atoms in total. The van der Waals surface area contributed by atoms with E-state index in [0.717, 1.165) is 6.07 Å². The Bertz CT molecular complexity index is 474. The highest BCUT2D eigenvalue weighted by Gasteiger charge is 2.52. The Balaban J connectivity index is 2.38. The number of aromatic nitrogens is 1. The van der Waals surface area contributed by atoms with Crippen LogP contribution in [0.2, 0.25) is 0 Å². The first kappa shape index (κ1) is 13.2. The molecule has 0 N–H and O–H groups in total. The maximum atomic E-state index is 13.0. The van der Waals surface area contributed by atoms with Gasteiger partial charge in [-0.15, -0.1) is 0 Å². The number of hydrogen-bond acceptors (Lipinski definition) is 4. The molecule has 6 heteroatoms. The van der Waals surface area contributed by atoms with Crippen molar-refractivity contribution in [1.82, 2.24) is 4.98 Å². The normalized spacial score (nSPS) is 21.1. The van der Waals surface area contributed by atoms with Crippen LogP contribution in [0.4, 0.5) is 4.39 Å². The average molecular weight is 251 g/mol. The molecule has 0 saturated carbocycles. The van der Waals surface area contributed by atoms with E-state index in [1.165, 1.54) is 6.20 Å². The number of halogens is 1. The Morgan fingerprint density at radius 3 is 2.33 bits per heavy atom. The molecule has 1 aliphatic heterocycles. The smallest absolute Gasteiger partial charge is 0.399 e. The van der Waals surface area contributed by atoms with Gasteiger partial charge in [-0.25, -0.2) is 4.98 Å². The van der Waals surface area contributed by atoms with Crippen LogP contribution in [0.3, 0.4) is 0 Å². The molecule has 1 aromatic rings. The number of aldehydes is 1. The van der Waals surface area contributed by atoms with E-state index in [1.807, 2.05) is 27.7 Å². The Morgan fingerprint density at radius 1 is 1.28 bits per heavy atom. The van der Waals surface area contributed by atoms with Crippen LogP contribution in [0.1, 0.15) is 38.1 Å². The van der Waals surface area contributed by atoms with Crippen molar-refractivity contribution in [3.8, 4) is 0 Å². The van der Waals surface area contributed by atoms with Gasteiger partial charge in [-0.2, -0.15) is 4.39 Å². The zero-order chi connectivity index (χ0) is 13.6. The highest BCUT2D eigenvalue weighted by atomic mass is 19.1. The molecule has 0 aromatic carbocycles. The summed E-state index contributed by atoms with van der Waals surface area (Å²) in [4.78, 5) is 14.5. The molecule has 1 aliphatic rings. The molecule has 2 rings (SSSR count). The maximum Gasteiger partial charge on any atom is 0.497 e. The Hall–Kier alpha value is -1.27. The Kier molecular flexibility index (Phi) is 3.03. The molecule has 0 radical (unpaired) electrons. The van der Waals surface area contributed by atoms with Gasteiger partial charge in [-0.1, -0.05) is 0 Å². The predicted octanol–water partition coefficient (Wildman–Crippen LogP) is 1.33. The first-order valence-electron chi connectivity index (χ1n) is 5.73. The van der Waals surface area contributed by atoms with Crippen molar-refractivity contribution in [3.05, 3.63) is 23.8 Å². The van der Waals surface area contributed by atoms with Crippen molar-refractivity contribution in [2.24, 2.45) is 0 Å². The number of carbonyl (C=O) groups excluding carboxylic acids is 1. The zero-order valence-corrected chi connectivity index (χ0v) is 10.9. The predicted molar refractivity (Wildman–Crippen MR) is 65.3 cm³/mol. The van der Waals surface area contributed by atoms with Crippen molar-refractivity contribution in [1.29, 1.82) is 0 Å². The first-order chi connectivity index (χ1) is 8.27. The molecule has 0 spiro atoms. The minimum absolute atomic E-state index is 0.195. The van der Waals surface area contributed by atoms with E-state index in [4.69, 9.17) is 9.31 Å². The number of pyridine rings is 1. The summed E-state index contributed by atoms with van der Waals surface area (Å²) in [6.45, 7) is 7.63. The van der Waals surface area contributed by atoms with Gasteiger partial charge >= 0.3 is 7.12 Å². The lowest BCUT2D eigenvalue weighted by Gasteiger charge is -2.32. The second kappa shape index (κ2) is 4.14. The van der Waals surface area contributed by atoms with E-state index < -0.39 is 24.3 Å². The molecule has 18 heavy (non-hydrogen) atoms. The van der Waals surface area contributed by atoms with Gasteiger partial charge in [0, 0.05) is 23.3 Å². The van der Waals surface area contributed by atoms with Crippen LogP contribution in [-0.4, -0.2) is 29.6 Å². The molecule has 1 fully saturated rings. The van der Waals surface area contributed by atoms with Crippen molar-refractivity contribution in [3.63, 3.8) is 0 Å². The topological polar surface area (TPSA) is 48.4 Å². The fraction of sp³-hybridized carbons (Fsp3) is 0.500. The van der Waals surface area contributed by atoms with Crippen LogP contribution >= 0.6 is 0 Å². The minimum atomic E-state index is -0.705. The maximum absolute atomic E-state index is 13.0. The molecular weight excluding hydrogens is 236 g/mol. The quantitative estimate of drug-likeness (QED) is 0.452. The van der Waals surface area contributed by atoms with Crippen LogP contribution in [0.5, 0.6) is 0 Å². The molecular formula is C12H15BFNO3. The summed E-state index contributed by atoms with van der Waals surface area (Å²) in [6, 6.07) is 1.08. The van der Waals surface area contributed by atoms with Crippen molar-refractivity contribution < 1.29 is 18.5 Å². The van der Waals surface area contributed by atoms with E-state index in [-0.39, 0.29) is 5.56 Å². The SMILES string of the molecule is CC1(C)OB(c2cnc(F)cc2C=O)OC1(C)C. The van der Waals surface area contributed by atoms with E-state index >= 15 is 0 Å². The lowest BCUT2D eigenvalue weighted by atomic mass is 9.77. The van der Waals surface area contributed by atoms with Gasteiger partial charge in [0.25, 0.3) is 0 Å². The third-order valence-corrected chi connectivity index (χ3v) is 3.57. The number of rotatable bonds is 2. The van der Waals surface area contributed by atoms with Crippen LogP contribution in [0.15, 0.2) is 12.3 Å². The molecule has 2 heterocycles. The van der Waals surface area contributed by atoms with Crippen molar-refractivity contribution in [2.75, 3.05) is 0 Å². The van der Waals surface area contributed by atoms with Crippen molar-refractivity contribution in [2.45, 2.75) is 38.9 Å². The third kappa shape index (κ3) is 2.06. The third-order valence-electron chi connectivity index (χ3n) is 3.57. The summed E-state index contributed by atoms with van der Waals surface area (Å²) < 4.78 is 24.6. The molecule has 1 saturated heterocycles. The average Bonchev–Trinajstić information content (AvgIpc) is 2.47. The first-order valence-corrected chi connectivity index (χ1v) is 5.73. The fourth-order valence-electron chi connectivity index (χ4n) is 1.72. The number of carbonyl (C=O) groups is 1. The summed E-state index contributed by atoms with van der Waals surface area (Å²) >= 11 is 0. The van der Waals surface area contributed by atoms with E-state index in [1.54, 1.807) is 0 Å². The lowest BCUT2D eigenvalue weighted by Crippen LogP contribution is -2.41. The Morgan fingerprint density at radius 2 is 1.83 bits per heavy atom. The fourth-order valence-corrected chi connectivity index (χ4v) is 1.72. The summed E-state index contributed by atoms with van der Waals surface area (Å²) in [5, 5.41) is 0. The van der Waals surface area contributed by atoms with Crippen LogP contribution in [0.25, 0.3) is 0 Å². The second-order valence-electron chi connectivity index (χ2n) is 5.34. The molecule has 0 aliphatic carbocycles. The van der Waals surface area contributed by atoms with Crippen LogP contribution in [0, 0.1) is 5.95 Å². The summed E-state index contributed by atoms with van der Waals surface area (Å²) in [6.07, 6.45) is 1.85. The van der Waals surface area contributed by atoms with E-state index in [9.17, 15) is 9.18 Å². The monoisotopic (exact) mass is 251 g/mol. The van der Waals surface area contributed by atoms with Gasteiger partial charge in [0.2, 0.25) is 5.95 Å². The van der Waals surface area contributed by atoms with E-state index in [0.29, 0.717) is 11.7 Å².